The van der Waals surface area contributed by atoms with Crippen LogP contribution in [0.4, 0.5) is 0 Å². The lowest BCUT2D eigenvalue weighted by Crippen LogP contribution is -2.23. The van der Waals surface area contributed by atoms with Crippen LogP contribution in [0.2, 0.25) is 0 Å². The Balaban J connectivity index is 2.39. The van der Waals surface area contributed by atoms with Gasteiger partial charge in [0, 0.05) is 6.42 Å². The summed E-state index contributed by atoms with van der Waals surface area (Å²) in [5.41, 5.74) is 0. The average molecular weight is 228 g/mol. The third-order valence-electron chi connectivity index (χ3n) is 2.76. The van der Waals surface area contributed by atoms with Crippen molar-refractivity contribution >= 4 is 5.97 Å². The number of carbonyl (C=O) groups is 1. The van der Waals surface area contributed by atoms with E-state index in [-0.39, 0.29) is 18.0 Å². The van der Waals surface area contributed by atoms with Crippen LogP contribution in [0.5, 0.6) is 0 Å². The highest BCUT2D eigenvalue weighted by Crippen LogP contribution is 2.21. The van der Waals surface area contributed by atoms with Crippen molar-refractivity contribution < 1.29 is 19.7 Å². The lowest BCUT2D eigenvalue weighted by atomic mass is 10.1. The van der Waals surface area contributed by atoms with E-state index in [2.05, 4.69) is 0 Å². The Morgan fingerprint density at radius 2 is 2.25 bits per heavy atom. The third kappa shape index (κ3) is 3.61. The SMILES string of the molecule is CCCC(O)C(O)C=CC1CC(C)C(=O)O1. The molecule has 4 nitrogen and oxygen atoms in total. The summed E-state index contributed by atoms with van der Waals surface area (Å²) in [6.07, 6.45) is 3.32. The first-order chi connectivity index (χ1) is 7.54. The van der Waals surface area contributed by atoms with E-state index in [1.54, 1.807) is 6.08 Å². The summed E-state index contributed by atoms with van der Waals surface area (Å²) >= 11 is 0. The number of esters is 1. The summed E-state index contributed by atoms with van der Waals surface area (Å²) in [5, 5.41) is 19.1. The topological polar surface area (TPSA) is 66.8 Å². The molecule has 2 N–H and O–H groups in total. The van der Waals surface area contributed by atoms with Crippen LogP contribution in [0.25, 0.3) is 0 Å². The van der Waals surface area contributed by atoms with Crippen LogP contribution < -0.4 is 0 Å². The molecule has 1 aliphatic rings. The van der Waals surface area contributed by atoms with Crippen molar-refractivity contribution in [2.24, 2.45) is 5.92 Å². The number of aliphatic hydroxyl groups is 2. The minimum absolute atomic E-state index is 0.0765. The molecule has 0 aromatic carbocycles. The Morgan fingerprint density at radius 1 is 1.56 bits per heavy atom. The fraction of sp³-hybridized carbons (Fsp3) is 0.750. The van der Waals surface area contributed by atoms with Crippen LogP contribution in [-0.4, -0.2) is 34.5 Å². The van der Waals surface area contributed by atoms with Crippen LogP contribution in [0, 0.1) is 5.92 Å². The fourth-order valence-corrected chi connectivity index (χ4v) is 1.71. The van der Waals surface area contributed by atoms with Crippen molar-refractivity contribution in [3.8, 4) is 0 Å². The summed E-state index contributed by atoms with van der Waals surface area (Å²) in [6, 6.07) is 0. The number of hydrogen-bond acceptors (Lipinski definition) is 4. The van der Waals surface area contributed by atoms with Crippen LogP contribution in [-0.2, 0) is 9.53 Å². The minimum atomic E-state index is -0.880. The number of ether oxygens (including phenoxy) is 1. The number of cyclic esters (lactones) is 1. The van der Waals surface area contributed by atoms with E-state index < -0.39 is 12.2 Å². The Bertz CT molecular complexity index is 262. The monoisotopic (exact) mass is 228 g/mol. The van der Waals surface area contributed by atoms with E-state index in [4.69, 9.17) is 4.74 Å². The number of carbonyl (C=O) groups excluding carboxylic acids is 1. The van der Waals surface area contributed by atoms with E-state index in [1.807, 2.05) is 13.8 Å². The van der Waals surface area contributed by atoms with Gasteiger partial charge in [0.05, 0.1) is 18.1 Å². The van der Waals surface area contributed by atoms with Crippen LogP contribution in [0.3, 0.4) is 0 Å². The van der Waals surface area contributed by atoms with Crippen molar-refractivity contribution in [2.75, 3.05) is 0 Å². The van der Waals surface area contributed by atoms with Crippen LogP contribution in [0.15, 0.2) is 12.2 Å². The van der Waals surface area contributed by atoms with Crippen LogP contribution in [0.1, 0.15) is 33.1 Å². The summed E-state index contributed by atoms with van der Waals surface area (Å²) in [5.74, 6) is -0.273. The molecule has 1 fully saturated rings. The smallest absolute Gasteiger partial charge is 0.309 e. The van der Waals surface area contributed by atoms with Gasteiger partial charge in [-0.25, -0.2) is 0 Å². The van der Waals surface area contributed by atoms with Gasteiger partial charge in [0.1, 0.15) is 6.10 Å². The molecule has 0 aromatic rings. The van der Waals surface area contributed by atoms with E-state index >= 15 is 0 Å². The van der Waals surface area contributed by atoms with Gasteiger partial charge >= 0.3 is 5.97 Å². The summed E-state index contributed by atoms with van der Waals surface area (Å²) in [4.78, 5) is 11.1. The predicted octanol–water partition coefficient (Wildman–Crippen LogP) is 1.02. The van der Waals surface area contributed by atoms with E-state index in [1.165, 1.54) is 6.08 Å². The van der Waals surface area contributed by atoms with Crippen molar-refractivity contribution in [1.82, 2.24) is 0 Å². The Kier molecular flexibility index (Phi) is 4.96. The molecule has 16 heavy (non-hydrogen) atoms. The zero-order valence-electron chi connectivity index (χ0n) is 9.80. The molecule has 4 heteroatoms. The second-order valence-electron chi connectivity index (χ2n) is 4.34. The molecule has 92 valence electrons. The van der Waals surface area contributed by atoms with Crippen LogP contribution >= 0.6 is 0 Å². The van der Waals surface area contributed by atoms with Gasteiger partial charge in [-0.05, 0) is 12.5 Å². The molecule has 0 radical (unpaired) electrons. The van der Waals surface area contributed by atoms with Gasteiger partial charge in [-0.1, -0.05) is 26.3 Å². The average Bonchev–Trinajstić information content (AvgIpc) is 2.55. The van der Waals surface area contributed by atoms with Gasteiger partial charge in [-0.2, -0.15) is 0 Å². The normalized spacial score (nSPS) is 29.4. The first-order valence-electron chi connectivity index (χ1n) is 5.79. The Morgan fingerprint density at radius 3 is 2.75 bits per heavy atom. The van der Waals surface area contributed by atoms with Gasteiger partial charge < -0.3 is 14.9 Å². The lowest BCUT2D eigenvalue weighted by Gasteiger charge is -2.13. The van der Waals surface area contributed by atoms with E-state index in [0.29, 0.717) is 12.8 Å². The maximum Gasteiger partial charge on any atom is 0.309 e. The molecule has 1 saturated heterocycles. The molecule has 4 atom stereocenters. The molecule has 4 unspecified atom stereocenters. The maximum atomic E-state index is 11.1. The second-order valence-corrected chi connectivity index (χ2v) is 4.34. The number of hydrogen-bond donors (Lipinski definition) is 2. The van der Waals surface area contributed by atoms with Crippen molar-refractivity contribution in [1.29, 1.82) is 0 Å². The zero-order valence-corrected chi connectivity index (χ0v) is 9.80. The molecule has 0 spiro atoms. The predicted molar refractivity (Wildman–Crippen MR) is 59.7 cm³/mol. The van der Waals surface area contributed by atoms with Gasteiger partial charge in [-0.15, -0.1) is 0 Å². The van der Waals surface area contributed by atoms with Gasteiger partial charge in [0.25, 0.3) is 0 Å². The van der Waals surface area contributed by atoms with E-state index in [9.17, 15) is 15.0 Å². The van der Waals surface area contributed by atoms with Crippen molar-refractivity contribution in [3.63, 3.8) is 0 Å². The number of aliphatic hydroxyl groups excluding tert-OH is 2. The largest absolute Gasteiger partial charge is 0.458 e. The van der Waals surface area contributed by atoms with Gasteiger partial charge in [0.2, 0.25) is 0 Å². The van der Waals surface area contributed by atoms with Crippen molar-refractivity contribution in [2.45, 2.75) is 51.4 Å². The quantitative estimate of drug-likeness (QED) is 0.544. The van der Waals surface area contributed by atoms with Gasteiger partial charge in [-0.3, -0.25) is 4.79 Å². The number of rotatable bonds is 5. The maximum absolute atomic E-state index is 11.1. The molecule has 0 saturated carbocycles. The molecule has 0 aliphatic carbocycles. The first kappa shape index (κ1) is 13.2. The third-order valence-corrected chi connectivity index (χ3v) is 2.76. The Hall–Kier alpha value is -0.870. The standard InChI is InChI=1S/C12H20O4/c1-3-4-10(13)11(14)6-5-9-7-8(2)12(15)16-9/h5-6,8-11,13-14H,3-4,7H2,1-2H3. The summed E-state index contributed by atoms with van der Waals surface area (Å²) < 4.78 is 5.05. The second kappa shape index (κ2) is 6.01. The molecule has 1 aliphatic heterocycles. The Labute approximate surface area is 95.9 Å². The molecule has 1 rings (SSSR count). The summed E-state index contributed by atoms with van der Waals surface area (Å²) in [6.45, 7) is 3.76. The molecule has 1 heterocycles. The minimum Gasteiger partial charge on any atom is -0.458 e. The highest BCUT2D eigenvalue weighted by Gasteiger charge is 2.29. The highest BCUT2D eigenvalue weighted by atomic mass is 16.5. The zero-order chi connectivity index (χ0) is 12.1. The first-order valence-corrected chi connectivity index (χ1v) is 5.79. The molecular weight excluding hydrogens is 208 g/mol. The molecule has 0 bridgehead atoms. The van der Waals surface area contributed by atoms with E-state index in [0.717, 1.165) is 6.42 Å². The molecule has 0 aromatic heterocycles. The summed E-state index contributed by atoms with van der Waals surface area (Å²) in [7, 11) is 0. The fourth-order valence-electron chi connectivity index (χ4n) is 1.71. The lowest BCUT2D eigenvalue weighted by molar-refractivity contribution is -0.142. The van der Waals surface area contributed by atoms with Crippen molar-refractivity contribution in [3.05, 3.63) is 12.2 Å². The molecule has 0 amide bonds. The molecular formula is C12H20O4. The van der Waals surface area contributed by atoms with Gasteiger partial charge in [0.15, 0.2) is 0 Å². The highest BCUT2D eigenvalue weighted by molar-refractivity contribution is 5.74.